The molecule has 8 heteroatoms. The number of amides is 2. The van der Waals surface area contributed by atoms with Crippen LogP contribution in [-0.4, -0.2) is 23.5 Å². The van der Waals surface area contributed by atoms with Crippen molar-refractivity contribution in [3.63, 3.8) is 0 Å². The number of fused-ring (bicyclic) bond motifs is 1. The third-order valence-corrected chi connectivity index (χ3v) is 4.09. The Morgan fingerprint density at radius 2 is 1.67 bits per heavy atom. The van der Waals surface area contributed by atoms with Crippen molar-refractivity contribution in [2.45, 2.75) is 6.04 Å². The number of hydroxylamine groups is 2. The lowest BCUT2D eigenvalue weighted by atomic mass is 10.1. The van der Waals surface area contributed by atoms with Crippen LogP contribution in [0.5, 0.6) is 0 Å². The van der Waals surface area contributed by atoms with Gasteiger partial charge in [-0.3, -0.25) is 14.4 Å². The topological polar surface area (TPSA) is 95.4 Å². The van der Waals surface area contributed by atoms with Gasteiger partial charge in [0.05, 0.1) is 23.8 Å². The van der Waals surface area contributed by atoms with Crippen LogP contribution in [0.4, 0.5) is 0 Å². The van der Waals surface area contributed by atoms with Crippen LogP contribution in [0.2, 0.25) is 0 Å². The summed E-state index contributed by atoms with van der Waals surface area (Å²) in [6.45, 7) is -0.128. The second kappa shape index (κ2) is 6.84. The number of rotatable bonds is 5. The molecule has 1 heterocycles. The molecule has 2 aromatic carbocycles. The highest BCUT2D eigenvalue weighted by molar-refractivity contribution is 9.10. The highest BCUT2D eigenvalue weighted by Gasteiger charge is 2.36. The van der Waals surface area contributed by atoms with Gasteiger partial charge in [-0.1, -0.05) is 45.3 Å². The average molecular weight is 387 g/mol. The first-order valence-electron chi connectivity index (χ1n) is 7.02. The zero-order chi connectivity index (χ0) is 17.1. The number of azide groups is 1. The van der Waals surface area contributed by atoms with Gasteiger partial charge in [0.2, 0.25) is 0 Å². The van der Waals surface area contributed by atoms with E-state index in [0.29, 0.717) is 21.8 Å². The first kappa shape index (κ1) is 16.2. The van der Waals surface area contributed by atoms with Crippen molar-refractivity contribution in [3.05, 3.63) is 80.1 Å². The van der Waals surface area contributed by atoms with Crippen LogP contribution in [0.1, 0.15) is 32.3 Å². The Bertz CT molecular complexity index is 812. The van der Waals surface area contributed by atoms with Crippen molar-refractivity contribution >= 4 is 27.7 Å². The maximum Gasteiger partial charge on any atom is 0.285 e. The zero-order valence-electron chi connectivity index (χ0n) is 12.3. The second-order valence-corrected chi connectivity index (χ2v) is 5.93. The number of imide groups is 1. The van der Waals surface area contributed by atoms with Crippen LogP contribution in [0, 0.1) is 0 Å². The SMILES string of the molecule is [N-]=[N+]=NC(CON1C(=O)c2ccccc2C1=O)c1ccc(Br)cc1. The third kappa shape index (κ3) is 3.03. The van der Waals surface area contributed by atoms with E-state index in [-0.39, 0.29) is 6.61 Å². The standard InChI is InChI=1S/C16H11BrN4O3/c17-11-7-5-10(6-8-11)14(19-20-18)9-24-21-15(22)12-3-1-2-4-13(12)16(21)23/h1-8,14H,9H2. The predicted octanol–water partition coefficient (Wildman–Crippen LogP) is 4.03. The minimum Gasteiger partial charge on any atom is -0.266 e. The molecule has 0 aromatic heterocycles. The Kier molecular flexibility index (Phi) is 4.61. The van der Waals surface area contributed by atoms with Crippen molar-refractivity contribution in [2.75, 3.05) is 6.61 Å². The maximum atomic E-state index is 12.2. The van der Waals surface area contributed by atoms with Gasteiger partial charge in [-0.15, -0.1) is 5.06 Å². The first-order valence-corrected chi connectivity index (χ1v) is 7.81. The molecular formula is C16H11BrN4O3. The minimum atomic E-state index is -0.660. The van der Waals surface area contributed by atoms with E-state index < -0.39 is 17.9 Å². The molecule has 3 rings (SSSR count). The molecule has 24 heavy (non-hydrogen) atoms. The summed E-state index contributed by atoms with van der Waals surface area (Å²) in [6.07, 6.45) is 0. The van der Waals surface area contributed by atoms with E-state index in [4.69, 9.17) is 10.4 Å². The molecule has 0 fully saturated rings. The van der Waals surface area contributed by atoms with E-state index in [9.17, 15) is 9.59 Å². The molecule has 1 atom stereocenters. The fourth-order valence-corrected chi connectivity index (χ4v) is 2.64. The fourth-order valence-electron chi connectivity index (χ4n) is 2.37. The molecule has 120 valence electrons. The molecule has 1 unspecified atom stereocenters. The highest BCUT2D eigenvalue weighted by Crippen LogP contribution is 2.25. The number of benzene rings is 2. The maximum absolute atomic E-state index is 12.2. The second-order valence-electron chi connectivity index (χ2n) is 5.02. The average Bonchev–Trinajstić information content (AvgIpc) is 2.84. The van der Waals surface area contributed by atoms with E-state index in [1.54, 1.807) is 48.5 Å². The summed E-state index contributed by atoms with van der Waals surface area (Å²) in [5, 5.41) is 4.39. The van der Waals surface area contributed by atoms with Crippen molar-refractivity contribution in [2.24, 2.45) is 5.11 Å². The summed E-state index contributed by atoms with van der Waals surface area (Å²) < 4.78 is 0.882. The number of hydrogen-bond acceptors (Lipinski definition) is 4. The molecule has 0 aliphatic carbocycles. The van der Waals surface area contributed by atoms with Crippen molar-refractivity contribution < 1.29 is 14.4 Å². The summed E-state index contributed by atoms with van der Waals surface area (Å²) in [5.74, 6) is -1.04. The Balaban J connectivity index is 1.76. The summed E-state index contributed by atoms with van der Waals surface area (Å²) in [6, 6.07) is 13.0. The highest BCUT2D eigenvalue weighted by atomic mass is 79.9. The quantitative estimate of drug-likeness (QED) is 0.335. The van der Waals surface area contributed by atoms with Gasteiger partial charge >= 0.3 is 0 Å². The summed E-state index contributed by atoms with van der Waals surface area (Å²) >= 11 is 3.33. The number of hydrogen-bond donors (Lipinski definition) is 0. The van der Waals surface area contributed by atoms with Crippen molar-refractivity contribution in [1.29, 1.82) is 0 Å². The smallest absolute Gasteiger partial charge is 0.266 e. The van der Waals surface area contributed by atoms with E-state index in [2.05, 4.69) is 26.0 Å². The molecule has 7 nitrogen and oxygen atoms in total. The van der Waals surface area contributed by atoms with Gasteiger partial charge in [0.1, 0.15) is 0 Å². The summed E-state index contributed by atoms with van der Waals surface area (Å²) in [5.41, 5.74) is 10.0. The number of halogens is 1. The van der Waals surface area contributed by atoms with Crippen LogP contribution in [0.25, 0.3) is 10.4 Å². The molecule has 2 amide bonds. The predicted molar refractivity (Wildman–Crippen MR) is 88.9 cm³/mol. The van der Waals surface area contributed by atoms with Gasteiger partial charge < -0.3 is 0 Å². The molecular weight excluding hydrogens is 376 g/mol. The number of carbonyl (C=O) groups is 2. The third-order valence-electron chi connectivity index (χ3n) is 3.56. The lowest BCUT2D eigenvalue weighted by molar-refractivity contribution is -0.0955. The molecule has 1 aliphatic heterocycles. The largest absolute Gasteiger partial charge is 0.285 e. The van der Waals surface area contributed by atoms with Gasteiger partial charge in [0.15, 0.2) is 0 Å². The Hall–Kier alpha value is -2.67. The first-order chi connectivity index (χ1) is 11.6. The molecule has 0 N–H and O–H groups in total. The molecule has 1 aliphatic rings. The van der Waals surface area contributed by atoms with Gasteiger partial charge in [-0.05, 0) is 35.4 Å². The Morgan fingerprint density at radius 3 is 2.21 bits per heavy atom. The Labute approximate surface area is 145 Å². The van der Waals surface area contributed by atoms with Gasteiger partial charge in [-0.25, -0.2) is 0 Å². The summed E-state index contributed by atoms with van der Waals surface area (Å²) in [7, 11) is 0. The van der Waals surface area contributed by atoms with Crippen molar-refractivity contribution in [1.82, 2.24) is 5.06 Å². The Morgan fingerprint density at radius 1 is 1.08 bits per heavy atom. The van der Waals surface area contributed by atoms with Crippen LogP contribution in [-0.2, 0) is 4.84 Å². The van der Waals surface area contributed by atoms with Gasteiger partial charge in [0.25, 0.3) is 11.8 Å². The van der Waals surface area contributed by atoms with Crippen molar-refractivity contribution in [3.8, 4) is 0 Å². The summed E-state index contributed by atoms with van der Waals surface area (Å²) in [4.78, 5) is 32.6. The zero-order valence-corrected chi connectivity index (χ0v) is 13.9. The van der Waals surface area contributed by atoms with E-state index in [0.717, 1.165) is 4.47 Å². The molecule has 0 saturated carbocycles. The molecule has 0 radical (unpaired) electrons. The number of nitrogens with zero attached hydrogens (tertiary/aromatic N) is 4. The monoisotopic (exact) mass is 386 g/mol. The molecule has 0 saturated heterocycles. The van der Waals surface area contributed by atoms with E-state index in [1.807, 2.05) is 0 Å². The van der Waals surface area contributed by atoms with Crippen LogP contribution in [0.15, 0.2) is 58.1 Å². The van der Waals surface area contributed by atoms with Crippen LogP contribution < -0.4 is 0 Å². The van der Waals surface area contributed by atoms with Crippen LogP contribution >= 0.6 is 15.9 Å². The van der Waals surface area contributed by atoms with Crippen LogP contribution in [0.3, 0.4) is 0 Å². The fraction of sp³-hybridized carbons (Fsp3) is 0.125. The normalized spacial score (nSPS) is 14.3. The molecule has 0 spiro atoms. The van der Waals surface area contributed by atoms with Gasteiger partial charge in [-0.2, -0.15) is 0 Å². The minimum absolute atomic E-state index is 0.128. The number of carbonyl (C=O) groups excluding carboxylic acids is 2. The van der Waals surface area contributed by atoms with Gasteiger partial charge in [0, 0.05) is 9.38 Å². The lowest BCUT2D eigenvalue weighted by Gasteiger charge is -2.17. The molecule has 2 aromatic rings. The van der Waals surface area contributed by atoms with E-state index >= 15 is 0 Å². The van der Waals surface area contributed by atoms with E-state index in [1.165, 1.54) is 0 Å². The molecule has 0 bridgehead atoms. The lowest BCUT2D eigenvalue weighted by Crippen LogP contribution is -2.31.